The number of nitro groups is 1. The number of hydrogen-bond acceptors (Lipinski definition) is 4. The average Bonchev–Trinajstić information content (AvgIpc) is 2.49. The van der Waals surface area contributed by atoms with Crippen LogP contribution in [0.4, 0.5) is 17.1 Å². The van der Waals surface area contributed by atoms with E-state index in [0.717, 1.165) is 11.3 Å². The van der Waals surface area contributed by atoms with Gasteiger partial charge in [-0.2, -0.15) is 0 Å². The van der Waals surface area contributed by atoms with E-state index in [1.54, 1.807) is 6.07 Å². The van der Waals surface area contributed by atoms with Crippen LogP contribution in [-0.4, -0.2) is 17.4 Å². The number of carbonyl (C=O) groups excluding carboxylic acids is 1. The molecule has 0 saturated carbocycles. The van der Waals surface area contributed by atoms with Crippen LogP contribution in [0.5, 0.6) is 0 Å². The first kappa shape index (κ1) is 15.5. The first-order valence-corrected chi connectivity index (χ1v) is 6.81. The summed E-state index contributed by atoms with van der Waals surface area (Å²) in [6.07, 6.45) is 0. The van der Waals surface area contributed by atoms with Crippen LogP contribution in [0.1, 0.15) is 11.1 Å². The second kappa shape index (κ2) is 6.71. The van der Waals surface area contributed by atoms with E-state index in [1.807, 2.05) is 32.0 Å². The van der Waals surface area contributed by atoms with Gasteiger partial charge in [0.1, 0.15) is 0 Å². The van der Waals surface area contributed by atoms with Gasteiger partial charge < -0.3 is 10.6 Å². The first-order chi connectivity index (χ1) is 10.5. The van der Waals surface area contributed by atoms with Crippen LogP contribution in [-0.2, 0) is 4.79 Å². The molecular weight excluding hydrogens is 282 g/mol. The molecule has 2 rings (SSSR count). The molecule has 22 heavy (non-hydrogen) atoms. The minimum Gasteiger partial charge on any atom is -0.376 e. The molecule has 0 aromatic heterocycles. The van der Waals surface area contributed by atoms with Crippen molar-refractivity contribution >= 4 is 23.0 Å². The highest BCUT2D eigenvalue weighted by Gasteiger charge is 2.08. The van der Waals surface area contributed by atoms with Crippen molar-refractivity contribution in [1.29, 1.82) is 0 Å². The Labute approximate surface area is 128 Å². The zero-order chi connectivity index (χ0) is 16.1. The smallest absolute Gasteiger partial charge is 0.271 e. The molecule has 0 spiro atoms. The lowest BCUT2D eigenvalue weighted by Gasteiger charge is -2.09. The Morgan fingerprint density at radius 2 is 1.86 bits per heavy atom. The normalized spacial score (nSPS) is 10.1. The molecule has 6 nitrogen and oxygen atoms in total. The van der Waals surface area contributed by atoms with Crippen LogP contribution in [0.15, 0.2) is 42.5 Å². The van der Waals surface area contributed by atoms with E-state index in [1.165, 1.54) is 23.8 Å². The molecule has 6 heteroatoms. The molecule has 0 radical (unpaired) electrons. The third-order valence-corrected chi connectivity index (χ3v) is 3.30. The maximum Gasteiger partial charge on any atom is 0.271 e. The van der Waals surface area contributed by atoms with Gasteiger partial charge in [-0.25, -0.2) is 0 Å². The molecule has 0 heterocycles. The Bertz CT molecular complexity index is 714. The number of nitrogens with zero attached hydrogens (tertiary/aromatic N) is 1. The lowest BCUT2D eigenvalue weighted by molar-refractivity contribution is -0.384. The Kier molecular flexibility index (Phi) is 4.73. The minimum atomic E-state index is -0.497. The second-order valence-electron chi connectivity index (χ2n) is 5.01. The summed E-state index contributed by atoms with van der Waals surface area (Å²) in [6, 6.07) is 11.7. The van der Waals surface area contributed by atoms with Crippen molar-refractivity contribution in [3.05, 3.63) is 63.7 Å². The van der Waals surface area contributed by atoms with Crippen LogP contribution in [0.3, 0.4) is 0 Å². The third kappa shape index (κ3) is 4.05. The number of rotatable bonds is 5. The van der Waals surface area contributed by atoms with Crippen molar-refractivity contribution in [3.63, 3.8) is 0 Å². The van der Waals surface area contributed by atoms with Crippen molar-refractivity contribution in [1.82, 2.24) is 0 Å². The third-order valence-electron chi connectivity index (χ3n) is 3.30. The van der Waals surface area contributed by atoms with Gasteiger partial charge in [0.2, 0.25) is 5.91 Å². The summed E-state index contributed by atoms with van der Waals surface area (Å²) in [5.74, 6) is -0.265. The Balaban J connectivity index is 1.94. The van der Waals surface area contributed by atoms with Crippen LogP contribution in [0.2, 0.25) is 0 Å². The molecule has 1 amide bonds. The second-order valence-corrected chi connectivity index (χ2v) is 5.01. The SMILES string of the molecule is Cc1ccc(NCC(=O)Nc2cccc([N+](=O)[O-])c2)cc1C. The zero-order valence-corrected chi connectivity index (χ0v) is 12.4. The lowest BCUT2D eigenvalue weighted by atomic mass is 10.1. The van der Waals surface area contributed by atoms with Crippen LogP contribution in [0, 0.1) is 24.0 Å². The van der Waals surface area contributed by atoms with E-state index < -0.39 is 4.92 Å². The molecule has 0 fully saturated rings. The number of anilines is 2. The van der Waals surface area contributed by atoms with Crippen molar-refractivity contribution in [3.8, 4) is 0 Å². The molecule has 114 valence electrons. The zero-order valence-electron chi connectivity index (χ0n) is 12.4. The summed E-state index contributed by atoms with van der Waals surface area (Å²) in [6.45, 7) is 4.11. The molecule has 0 atom stereocenters. The highest BCUT2D eigenvalue weighted by Crippen LogP contribution is 2.17. The van der Waals surface area contributed by atoms with E-state index in [4.69, 9.17) is 0 Å². The molecule has 0 aliphatic carbocycles. The van der Waals surface area contributed by atoms with E-state index in [-0.39, 0.29) is 18.1 Å². The van der Waals surface area contributed by atoms with Crippen LogP contribution < -0.4 is 10.6 Å². The number of aryl methyl sites for hydroxylation is 2. The number of benzene rings is 2. The number of hydrogen-bond donors (Lipinski definition) is 2. The lowest BCUT2D eigenvalue weighted by Crippen LogP contribution is -2.21. The van der Waals surface area contributed by atoms with Crippen molar-refractivity contribution in [2.24, 2.45) is 0 Å². The van der Waals surface area contributed by atoms with Crippen molar-refractivity contribution < 1.29 is 9.72 Å². The molecule has 2 aromatic rings. The molecule has 0 aliphatic rings. The molecule has 0 unspecified atom stereocenters. The number of nitro benzene ring substituents is 1. The largest absolute Gasteiger partial charge is 0.376 e. The van der Waals surface area contributed by atoms with Crippen LogP contribution in [0.25, 0.3) is 0 Å². The highest BCUT2D eigenvalue weighted by atomic mass is 16.6. The summed E-state index contributed by atoms with van der Waals surface area (Å²) in [7, 11) is 0. The van der Waals surface area contributed by atoms with Gasteiger partial charge in [-0.05, 0) is 43.2 Å². The van der Waals surface area contributed by atoms with Crippen molar-refractivity contribution in [2.75, 3.05) is 17.2 Å². The van der Waals surface area contributed by atoms with Gasteiger partial charge in [0.15, 0.2) is 0 Å². The predicted octanol–water partition coefficient (Wildman–Crippen LogP) is 3.26. The van der Waals surface area contributed by atoms with E-state index in [2.05, 4.69) is 10.6 Å². The summed E-state index contributed by atoms with van der Waals surface area (Å²) in [5.41, 5.74) is 3.54. The summed E-state index contributed by atoms with van der Waals surface area (Å²) in [5, 5.41) is 16.3. The molecule has 2 N–H and O–H groups in total. The number of non-ortho nitro benzene ring substituents is 1. The highest BCUT2D eigenvalue weighted by molar-refractivity contribution is 5.94. The number of nitrogens with one attached hydrogen (secondary N) is 2. The molecule has 0 bridgehead atoms. The summed E-state index contributed by atoms with van der Waals surface area (Å²) in [4.78, 5) is 22.1. The maximum atomic E-state index is 11.9. The Morgan fingerprint density at radius 3 is 2.55 bits per heavy atom. The summed E-state index contributed by atoms with van der Waals surface area (Å²) < 4.78 is 0. The average molecular weight is 299 g/mol. The van der Waals surface area contributed by atoms with E-state index in [0.29, 0.717) is 5.69 Å². The van der Waals surface area contributed by atoms with Gasteiger partial charge in [-0.3, -0.25) is 14.9 Å². The van der Waals surface area contributed by atoms with Gasteiger partial charge in [0, 0.05) is 23.5 Å². The van der Waals surface area contributed by atoms with Gasteiger partial charge >= 0.3 is 0 Å². The van der Waals surface area contributed by atoms with Gasteiger partial charge in [0.25, 0.3) is 5.69 Å². The molecule has 0 saturated heterocycles. The van der Waals surface area contributed by atoms with Crippen LogP contribution >= 0.6 is 0 Å². The molecule has 0 aliphatic heterocycles. The topological polar surface area (TPSA) is 84.3 Å². The number of amides is 1. The van der Waals surface area contributed by atoms with Gasteiger partial charge in [-0.1, -0.05) is 12.1 Å². The summed E-state index contributed by atoms with van der Waals surface area (Å²) >= 11 is 0. The fourth-order valence-electron chi connectivity index (χ4n) is 1.94. The maximum absolute atomic E-state index is 11.9. The molecule has 2 aromatic carbocycles. The predicted molar refractivity (Wildman–Crippen MR) is 86.1 cm³/mol. The van der Waals surface area contributed by atoms with Crippen molar-refractivity contribution in [2.45, 2.75) is 13.8 Å². The molecular formula is C16H17N3O3. The fraction of sp³-hybridized carbons (Fsp3) is 0.188. The fourth-order valence-corrected chi connectivity index (χ4v) is 1.94. The van der Waals surface area contributed by atoms with Gasteiger partial charge in [0.05, 0.1) is 11.5 Å². The minimum absolute atomic E-state index is 0.0556. The number of carbonyl (C=O) groups is 1. The monoisotopic (exact) mass is 299 g/mol. The Morgan fingerprint density at radius 1 is 1.09 bits per heavy atom. The van der Waals surface area contributed by atoms with E-state index >= 15 is 0 Å². The standard InChI is InChI=1S/C16H17N3O3/c1-11-6-7-13(8-12(11)2)17-10-16(20)18-14-4-3-5-15(9-14)19(21)22/h3-9,17H,10H2,1-2H3,(H,18,20). The Hall–Kier alpha value is -2.89. The quantitative estimate of drug-likeness (QED) is 0.655. The first-order valence-electron chi connectivity index (χ1n) is 6.81. The van der Waals surface area contributed by atoms with E-state index in [9.17, 15) is 14.9 Å². The van der Waals surface area contributed by atoms with Gasteiger partial charge in [-0.15, -0.1) is 0 Å².